The van der Waals surface area contributed by atoms with Gasteiger partial charge in [0.15, 0.2) is 0 Å². The molecule has 2 nitrogen and oxygen atoms in total. The standard InChI is InChI=1S/C18H21NO/c1-14-7-8-16-9-10-18(13-20,17(16)11-14)19-12-15-5-3-2-4-6-15/h2-8,11,19-20H,9-10,12-13H2,1H3. The number of rotatable bonds is 4. The molecule has 0 fully saturated rings. The third-order valence-electron chi connectivity index (χ3n) is 4.35. The average molecular weight is 267 g/mol. The van der Waals surface area contributed by atoms with Crippen LogP contribution in [0, 0.1) is 6.92 Å². The Hall–Kier alpha value is -1.64. The van der Waals surface area contributed by atoms with Crippen LogP contribution in [0.3, 0.4) is 0 Å². The summed E-state index contributed by atoms with van der Waals surface area (Å²) in [5, 5.41) is 13.6. The Kier molecular flexibility index (Phi) is 3.60. The molecule has 3 rings (SSSR count). The number of hydrogen-bond acceptors (Lipinski definition) is 2. The molecule has 104 valence electrons. The second-order valence-corrected chi connectivity index (χ2v) is 5.74. The van der Waals surface area contributed by atoms with Gasteiger partial charge in [-0.1, -0.05) is 54.1 Å². The normalized spacial score (nSPS) is 20.9. The van der Waals surface area contributed by atoms with Gasteiger partial charge >= 0.3 is 0 Å². The SMILES string of the molecule is Cc1ccc2c(c1)C(CO)(NCc1ccccc1)CC2. The highest BCUT2D eigenvalue weighted by atomic mass is 16.3. The second kappa shape index (κ2) is 5.39. The first-order valence-electron chi connectivity index (χ1n) is 7.23. The van der Waals surface area contributed by atoms with Gasteiger partial charge in [0.2, 0.25) is 0 Å². The van der Waals surface area contributed by atoms with Gasteiger partial charge in [0.05, 0.1) is 12.1 Å². The van der Waals surface area contributed by atoms with E-state index in [0.717, 1.165) is 19.4 Å². The topological polar surface area (TPSA) is 32.3 Å². The number of nitrogens with one attached hydrogen (secondary N) is 1. The van der Waals surface area contributed by atoms with E-state index in [-0.39, 0.29) is 12.1 Å². The monoisotopic (exact) mass is 267 g/mol. The van der Waals surface area contributed by atoms with E-state index in [0.29, 0.717) is 0 Å². The maximum atomic E-state index is 9.97. The van der Waals surface area contributed by atoms with Crippen molar-refractivity contribution in [2.24, 2.45) is 0 Å². The molecule has 0 amide bonds. The van der Waals surface area contributed by atoms with Gasteiger partial charge in [-0.15, -0.1) is 0 Å². The molecule has 0 saturated heterocycles. The first kappa shape index (κ1) is 13.3. The van der Waals surface area contributed by atoms with Crippen LogP contribution in [-0.4, -0.2) is 11.7 Å². The Bertz CT molecular complexity index is 594. The summed E-state index contributed by atoms with van der Waals surface area (Å²) in [5.41, 5.74) is 4.87. The zero-order valence-electron chi connectivity index (χ0n) is 11.9. The summed E-state index contributed by atoms with van der Waals surface area (Å²) >= 11 is 0. The molecule has 2 aromatic carbocycles. The summed E-state index contributed by atoms with van der Waals surface area (Å²) in [4.78, 5) is 0. The first-order valence-corrected chi connectivity index (χ1v) is 7.23. The molecular weight excluding hydrogens is 246 g/mol. The van der Waals surface area contributed by atoms with Crippen LogP contribution < -0.4 is 5.32 Å². The maximum absolute atomic E-state index is 9.97. The van der Waals surface area contributed by atoms with Crippen molar-refractivity contribution in [1.82, 2.24) is 5.32 Å². The van der Waals surface area contributed by atoms with E-state index in [2.05, 4.69) is 54.7 Å². The Balaban J connectivity index is 1.85. The minimum atomic E-state index is -0.281. The van der Waals surface area contributed by atoms with Crippen LogP contribution in [0.25, 0.3) is 0 Å². The fourth-order valence-corrected chi connectivity index (χ4v) is 3.11. The number of aliphatic hydroxyl groups is 1. The quantitative estimate of drug-likeness (QED) is 0.892. The molecule has 1 aliphatic rings. The van der Waals surface area contributed by atoms with Crippen LogP contribution in [-0.2, 0) is 18.5 Å². The fourth-order valence-electron chi connectivity index (χ4n) is 3.11. The third-order valence-corrected chi connectivity index (χ3v) is 4.35. The van der Waals surface area contributed by atoms with Crippen LogP contribution in [0.5, 0.6) is 0 Å². The molecule has 0 saturated carbocycles. The summed E-state index contributed by atoms with van der Waals surface area (Å²) in [5.74, 6) is 0. The van der Waals surface area contributed by atoms with Gasteiger partial charge in [0.25, 0.3) is 0 Å². The molecule has 2 heteroatoms. The molecule has 2 aromatic rings. The minimum absolute atomic E-state index is 0.149. The van der Waals surface area contributed by atoms with Crippen molar-refractivity contribution in [1.29, 1.82) is 0 Å². The zero-order chi connectivity index (χ0) is 14.0. The Morgan fingerprint density at radius 3 is 2.70 bits per heavy atom. The number of hydrogen-bond donors (Lipinski definition) is 2. The largest absolute Gasteiger partial charge is 0.394 e. The zero-order valence-corrected chi connectivity index (χ0v) is 11.9. The highest BCUT2D eigenvalue weighted by molar-refractivity contribution is 5.41. The van der Waals surface area contributed by atoms with Crippen LogP contribution in [0.1, 0.15) is 28.7 Å². The molecule has 0 heterocycles. The Morgan fingerprint density at radius 2 is 1.95 bits per heavy atom. The lowest BCUT2D eigenvalue weighted by Gasteiger charge is -2.30. The van der Waals surface area contributed by atoms with Crippen LogP contribution in [0.15, 0.2) is 48.5 Å². The van der Waals surface area contributed by atoms with Crippen LogP contribution in [0.4, 0.5) is 0 Å². The van der Waals surface area contributed by atoms with E-state index in [1.807, 2.05) is 6.07 Å². The van der Waals surface area contributed by atoms with Gasteiger partial charge in [-0.2, -0.15) is 0 Å². The summed E-state index contributed by atoms with van der Waals surface area (Å²) in [6.07, 6.45) is 2.01. The van der Waals surface area contributed by atoms with E-state index in [1.54, 1.807) is 0 Å². The van der Waals surface area contributed by atoms with Crippen LogP contribution in [0.2, 0.25) is 0 Å². The molecule has 1 aliphatic carbocycles. The Morgan fingerprint density at radius 1 is 1.15 bits per heavy atom. The maximum Gasteiger partial charge on any atom is 0.0677 e. The summed E-state index contributed by atoms with van der Waals surface area (Å²) in [7, 11) is 0. The van der Waals surface area contributed by atoms with E-state index in [4.69, 9.17) is 0 Å². The molecule has 0 radical (unpaired) electrons. The molecule has 1 unspecified atom stereocenters. The van der Waals surface area contributed by atoms with Crippen molar-refractivity contribution in [2.75, 3.05) is 6.61 Å². The molecular formula is C18H21NO. The first-order chi connectivity index (χ1) is 9.73. The lowest BCUT2D eigenvalue weighted by atomic mass is 9.91. The molecule has 20 heavy (non-hydrogen) atoms. The molecule has 0 aliphatic heterocycles. The number of aliphatic hydroxyl groups excluding tert-OH is 1. The van der Waals surface area contributed by atoms with Gasteiger partial charge in [0.1, 0.15) is 0 Å². The predicted octanol–water partition coefficient (Wildman–Crippen LogP) is 2.92. The summed E-state index contributed by atoms with van der Waals surface area (Å²) in [6, 6.07) is 16.9. The molecule has 2 N–H and O–H groups in total. The van der Waals surface area contributed by atoms with Gasteiger partial charge in [0, 0.05) is 6.54 Å². The van der Waals surface area contributed by atoms with E-state index >= 15 is 0 Å². The van der Waals surface area contributed by atoms with Gasteiger partial charge in [-0.25, -0.2) is 0 Å². The highest BCUT2D eigenvalue weighted by Crippen LogP contribution is 2.37. The lowest BCUT2D eigenvalue weighted by molar-refractivity contribution is 0.159. The summed E-state index contributed by atoms with van der Waals surface area (Å²) in [6.45, 7) is 3.04. The van der Waals surface area contributed by atoms with Gasteiger partial charge in [-0.05, 0) is 36.5 Å². The predicted molar refractivity (Wildman–Crippen MR) is 81.5 cm³/mol. The third kappa shape index (κ3) is 2.37. The Labute approximate surface area is 120 Å². The van der Waals surface area contributed by atoms with E-state index < -0.39 is 0 Å². The summed E-state index contributed by atoms with van der Waals surface area (Å²) < 4.78 is 0. The van der Waals surface area contributed by atoms with Crippen molar-refractivity contribution in [2.45, 2.75) is 31.8 Å². The second-order valence-electron chi connectivity index (χ2n) is 5.74. The van der Waals surface area contributed by atoms with Crippen molar-refractivity contribution in [3.8, 4) is 0 Å². The van der Waals surface area contributed by atoms with Crippen LogP contribution >= 0.6 is 0 Å². The lowest BCUT2D eigenvalue weighted by Crippen LogP contribution is -2.43. The van der Waals surface area contributed by atoms with Gasteiger partial charge < -0.3 is 10.4 Å². The van der Waals surface area contributed by atoms with Gasteiger partial charge in [-0.3, -0.25) is 0 Å². The van der Waals surface area contributed by atoms with Crippen molar-refractivity contribution < 1.29 is 5.11 Å². The fraction of sp³-hybridized carbons (Fsp3) is 0.333. The molecule has 1 atom stereocenters. The number of benzene rings is 2. The van der Waals surface area contributed by atoms with E-state index in [9.17, 15) is 5.11 Å². The van der Waals surface area contributed by atoms with Crippen molar-refractivity contribution in [3.63, 3.8) is 0 Å². The number of fused-ring (bicyclic) bond motifs is 1. The smallest absolute Gasteiger partial charge is 0.0677 e. The van der Waals surface area contributed by atoms with Crippen molar-refractivity contribution in [3.05, 3.63) is 70.8 Å². The number of aryl methyl sites for hydroxylation is 2. The molecule has 0 spiro atoms. The van der Waals surface area contributed by atoms with E-state index in [1.165, 1.54) is 22.3 Å². The average Bonchev–Trinajstić information content (AvgIpc) is 2.85. The highest BCUT2D eigenvalue weighted by Gasteiger charge is 2.37. The molecule has 0 aromatic heterocycles. The molecule has 0 bridgehead atoms. The van der Waals surface area contributed by atoms with Crippen molar-refractivity contribution >= 4 is 0 Å². The minimum Gasteiger partial charge on any atom is -0.394 e.